The Kier molecular flexibility index (Phi) is 2.83. The van der Waals surface area contributed by atoms with Crippen LogP contribution in [0, 0.1) is 6.92 Å². The fourth-order valence-electron chi connectivity index (χ4n) is 1.81. The van der Waals surface area contributed by atoms with Gasteiger partial charge in [0.25, 0.3) is 0 Å². The van der Waals surface area contributed by atoms with Crippen LogP contribution < -0.4 is 0 Å². The Morgan fingerprint density at radius 1 is 1.00 bits per heavy atom. The SMILES string of the molecule is C/C1=C(S)/C=C\C=C/c2cccc1c2C. The molecule has 1 aliphatic carbocycles. The van der Waals surface area contributed by atoms with Crippen LogP contribution in [0.5, 0.6) is 0 Å². The van der Waals surface area contributed by atoms with Crippen LogP contribution in [0.15, 0.2) is 41.3 Å². The molecule has 0 saturated carbocycles. The molecule has 0 atom stereocenters. The minimum absolute atomic E-state index is 1.03. The highest BCUT2D eigenvalue weighted by molar-refractivity contribution is 7.85. The zero-order valence-corrected chi connectivity index (χ0v) is 9.88. The van der Waals surface area contributed by atoms with Gasteiger partial charge in [-0.15, -0.1) is 12.6 Å². The van der Waals surface area contributed by atoms with Crippen LogP contribution in [-0.2, 0) is 0 Å². The van der Waals surface area contributed by atoms with Crippen molar-refractivity contribution in [3.63, 3.8) is 0 Å². The van der Waals surface area contributed by atoms with Gasteiger partial charge in [-0.25, -0.2) is 0 Å². The molecule has 0 nitrogen and oxygen atoms in total. The second-order valence-corrected chi connectivity index (χ2v) is 4.23. The maximum absolute atomic E-state index is 4.50. The molecule has 0 aromatic heterocycles. The van der Waals surface area contributed by atoms with E-state index < -0.39 is 0 Å². The molecule has 0 fully saturated rings. The summed E-state index contributed by atoms with van der Waals surface area (Å²) < 4.78 is 0. The molecule has 2 rings (SSSR count). The molecule has 0 N–H and O–H groups in total. The molecule has 1 aromatic carbocycles. The monoisotopic (exact) mass is 214 g/mol. The van der Waals surface area contributed by atoms with Gasteiger partial charge in [0.1, 0.15) is 0 Å². The van der Waals surface area contributed by atoms with E-state index in [2.05, 4.69) is 56.8 Å². The van der Waals surface area contributed by atoms with Crippen LogP contribution in [0.25, 0.3) is 11.6 Å². The fraction of sp³-hybridized carbons (Fsp3) is 0.143. The maximum atomic E-state index is 4.50. The zero-order chi connectivity index (χ0) is 10.8. The van der Waals surface area contributed by atoms with Crippen LogP contribution >= 0.6 is 12.6 Å². The van der Waals surface area contributed by atoms with E-state index in [9.17, 15) is 0 Å². The fourth-order valence-corrected chi connectivity index (χ4v) is 2.02. The molecule has 0 radical (unpaired) electrons. The lowest BCUT2D eigenvalue weighted by atomic mass is 9.97. The molecule has 0 saturated heterocycles. The van der Waals surface area contributed by atoms with Gasteiger partial charge in [-0.2, -0.15) is 0 Å². The summed E-state index contributed by atoms with van der Waals surface area (Å²) in [6.45, 7) is 4.27. The van der Waals surface area contributed by atoms with E-state index in [1.54, 1.807) is 0 Å². The number of benzene rings is 1. The highest BCUT2D eigenvalue weighted by Gasteiger charge is 2.06. The third-order valence-electron chi connectivity index (χ3n) is 2.80. The van der Waals surface area contributed by atoms with E-state index in [4.69, 9.17) is 0 Å². The molecule has 0 unspecified atom stereocenters. The van der Waals surface area contributed by atoms with Gasteiger partial charge >= 0.3 is 0 Å². The lowest BCUT2D eigenvalue weighted by Crippen LogP contribution is -1.89. The topological polar surface area (TPSA) is 0 Å². The average Bonchev–Trinajstić information content (AvgIpc) is 2.28. The Labute approximate surface area is 96.4 Å². The smallest absolute Gasteiger partial charge is 0.00752 e. The molecule has 0 amide bonds. The van der Waals surface area contributed by atoms with E-state index in [-0.39, 0.29) is 0 Å². The van der Waals surface area contributed by atoms with Gasteiger partial charge in [0.2, 0.25) is 0 Å². The lowest BCUT2D eigenvalue weighted by molar-refractivity contribution is 1.39. The average molecular weight is 214 g/mol. The first-order valence-corrected chi connectivity index (χ1v) is 5.49. The minimum atomic E-state index is 1.03. The van der Waals surface area contributed by atoms with E-state index >= 15 is 0 Å². The first-order chi connectivity index (χ1) is 7.20. The quantitative estimate of drug-likeness (QED) is 0.614. The van der Waals surface area contributed by atoms with Gasteiger partial charge in [-0.3, -0.25) is 0 Å². The highest BCUT2D eigenvalue weighted by Crippen LogP contribution is 2.27. The molecule has 1 aliphatic rings. The number of hydrogen-bond acceptors (Lipinski definition) is 1. The number of fused-ring (bicyclic) bond motifs is 2. The Morgan fingerprint density at radius 3 is 2.53 bits per heavy atom. The van der Waals surface area contributed by atoms with E-state index in [0.717, 1.165) is 4.91 Å². The third kappa shape index (κ3) is 1.93. The van der Waals surface area contributed by atoms with Gasteiger partial charge in [0.15, 0.2) is 0 Å². The summed E-state index contributed by atoms with van der Waals surface area (Å²) >= 11 is 4.50. The van der Waals surface area contributed by atoms with Crippen LogP contribution in [0.3, 0.4) is 0 Å². The van der Waals surface area contributed by atoms with Gasteiger partial charge in [0.05, 0.1) is 0 Å². The first-order valence-electron chi connectivity index (χ1n) is 5.04. The number of allylic oxidation sites excluding steroid dienone is 4. The summed E-state index contributed by atoms with van der Waals surface area (Å²) in [7, 11) is 0. The van der Waals surface area contributed by atoms with Crippen LogP contribution in [-0.4, -0.2) is 0 Å². The molecule has 0 heterocycles. The molecule has 76 valence electrons. The van der Waals surface area contributed by atoms with Crippen molar-refractivity contribution in [3.8, 4) is 0 Å². The van der Waals surface area contributed by atoms with Crippen molar-refractivity contribution in [1.29, 1.82) is 0 Å². The Bertz CT molecular complexity index is 476. The predicted molar refractivity (Wildman–Crippen MR) is 70.9 cm³/mol. The van der Waals surface area contributed by atoms with Crippen LogP contribution in [0.1, 0.15) is 23.6 Å². The zero-order valence-electron chi connectivity index (χ0n) is 8.99. The number of thiol groups is 1. The van der Waals surface area contributed by atoms with Crippen molar-refractivity contribution in [3.05, 3.63) is 58.0 Å². The van der Waals surface area contributed by atoms with Crippen molar-refractivity contribution in [1.82, 2.24) is 0 Å². The molecular weight excluding hydrogens is 200 g/mol. The van der Waals surface area contributed by atoms with Crippen molar-refractivity contribution in [2.75, 3.05) is 0 Å². The molecule has 2 bridgehead atoms. The molecule has 1 aromatic rings. The standard InChI is InChI=1S/C14H14S/c1-10-12-6-3-4-9-14(15)11(2)13(10)8-5-7-12/h3-9,15H,1-2H3/b6-3-,9-4-,14-11+. The summed E-state index contributed by atoms with van der Waals surface area (Å²) in [5, 5.41) is 0. The Hall–Kier alpha value is -1.21. The Balaban J connectivity index is 2.75. The second kappa shape index (κ2) is 4.11. The molecule has 1 heteroatoms. The summed E-state index contributed by atoms with van der Waals surface area (Å²) in [6, 6.07) is 6.38. The molecular formula is C14H14S. The van der Waals surface area contributed by atoms with E-state index in [1.807, 2.05) is 12.2 Å². The number of hydrogen-bond donors (Lipinski definition) is 1. The molecule has 15 heavy (non-hydrogen) atoms. The van der Waals surface area contributed by atoms with Crippen molar-refractivity contribution >= 4 is 24.3 Å². The summed E-state index contributed by atoms with van der Waals surface area (Å²) in [4.78, 5) is 1.03. The lowest BCUT2D eigenvalue weighted by Gasteiger charge is -2.10. The largest absolute Gasteiger partial charge is 0.143 e. The van der Waals surface area contributed by atoms with Crippen molar-refractivity contribution in [2.24, 2.45) is 0 Å². The summed E-state index contributed by atoms with van der Waals surface area (Å²) in [5.74, 6) is 0. The highest BCUT2D eigenvalue weighted by atomic mass is 32.1. The summed E-state index contributed by atoms with van der Waals surface area (Å²) in [5.41, 5.74) is 5.12. The minimum Gasteiger partial charge on any atom is -0.143 e. The predicted octanol–water partition coefficient (Wildman–Crippen LogP) is 4.24. The van der Waals surface area contributed by atoms with Gasteiger partial charge < -0.3 is 0 Å². The van der Waals surface area contributed by atoms with Crippen LogP contribution in [0.4, 0.5) is 0 Å². The maximum Gasteiger partial charge on any atom is 0.00752 e. The van der Waals surface area contributed by atoms with Gasteiger partial charge in [-0.05, 0) is 42.2 Å². The second-order valence-electron chi connectivity index (χ2n) is 3.75. The molecule has 0 aliphatic heterocycles. The third-order valence-corrected chi connectivity index (χ3v) is 3.29. The first kappa shape index (κ1) is 10.3. The number of rotatable bonds is 0. The van der Waals surface area contributed by atoms with Crippen molar-refractivity contribution < 1.29 is 0 Å². The van der Waals surface area contributed by atoms with Crippen molar-refractivity contribution in [2.45, 2.75) is 13.8 Å². The van der Waals surface area contributed by atoms with Crippen LogP contribution in [0.2, 0.25) is 0 Å². The normalized spacial score (nSPS) is 23.9. The summed E-state index contributed by atoms with van der Waals surface area (Å²) in [6.07, 6.45) is 8.25. The van der Waals surface area contributed by atoms with E-state index in [0.29, 0.717) is 0 Å². The Morgan fingerprint density at radius 2 is 1.73 bits per heavy atom. The molecule has 0 spiro atoms. The van der Waals surface area contributed by atoms with Gasteiger partial charge in [-0.1, -0.05) is 36.4 Å². The van der Waals surface area contributed by atoms with E-state index in [1.165, 1.54) is 22.3 Å². The van der Waals surface area contributed by atoms with Gasteiger partial charge in [0, 0.05) is 4.91 Å².